The Morgan fingerprint density at radius 3 is 2.56 bits per heavy atom. The predicted octanol–water partition coefficient (Wildman–Crippen LogP) is 4.25. The minimum atomic E-state index is -0.340. The van der Waals surface area contributed by atoms with E-state index in [0.29, 0.717) is 5.57 Å². The highest BCUT2D eigenvalue weighted by molar-refractivity contribution is 6.00. The summed E-state index contributed by atoms with van der Waals surface area (Å²) < 4.78 is 10.4. The Morgan fingerprint density at radius 1 is 1.07 bits per heavy atom. The third-order valence-electron chi connectivity index (χ3n) is 4.98. The number of benzene rings is 2. The van der Waals surface area contributed by atoms with Crippen molar-refractivity contribution in [1.29, 1.82) is 0 Å². The molecule has 5 heteroatoms. The van der Waals surface area contributed by atoms with Crippen LogP contribution in [-0.2, 0) is 9.53 Å². The third kappa shape index (κ3) is 2.81. The second-order valence-electron chi connectivity index (χ2n) is 6.47. The maximum absolute atomic E-state index is 12.6. The van der Waals surface area contributed by atoms with Crippen LogP contribution >= 0.6 is 0 Å². The topological polar surface area (TPSA) is 60.5 Å². The van der Waals surface area contributed by atoms with Gasteiger partial charge in [0, 0.05) is 23.2 Å². The van der Waals surface area contributed by atoms with E-state index in [1.165, 1.54) is 7.11 Å². The van der Waals surface area contributed by atoms with Gasteiger partial charge < -0.3 is 14.8 Å². The Balaban J connectivity index is 1.97. The molecular formula is C22H20N2O3. The summed E-state index contributed by atoms with van der Waals surface area (Å²) >= 11 is 0. The SMILES string of the molecule is COC(=O)C1=C(C)Nc2c(ccc3cccnc23)C1c1ccc(OC)cc1. The van der Waals surface area contributed by atoms with E-state index in [1.807, 2.05) is 49.4 Å². The molecule has 5 nitrogen and oxygen atoms in total. The number of carbonyl (C=O) groups is 1. The lowest BCUT2D eigenvalue weighted by atomic mass is 9.80. The predicted molar refractivity (Wildman–Crippen MR) is 105 cm³/mol. The number of methoxy groups -OCH3 is 2. The first-order valence-electron chi connectivity index (χ1n) is 8.71. The molecule has 0 amide bonds. The normalized spacial score (nSPS) is 15.9. The van der Waals surface area contributed by atoms with Gasteiger partial charge in [0.05, 0.1) is 31.0 Å². The van der Waals surface area contributed by atoms with E-state index in [2.05, 4.69) is 16.4 Å². The smallest absolute Gasteiger partial charge is 0.336 e. The van der Waals surface area contributed by atoms with Gasteiger partial charge in [-0.05, 0) is 36.2 Å². The Kier molecular flexibility index (Phi) is 4.28. The molecule has 0 saturated heterocycles. The van der Waals surface area contributed by atoms with Gasteiger partial charge in [-0.1, -0.05) is 30.3 Å². The number of ether oxygens (including phenoxy) is 2. The van der Waals surface area contributed by atoms with Gasteiger partial charge >= 0.3 is 5.97 Å². The second-order valence-corrected chi connectivity index (χ2v) is 6.47. The van der Waals surface area contributed by atoms with E-state index >= 15 is 0 Å². The third-order valence-corrected chi connectivity index (χ3v) is 4.98. The maximum atomic E-state index is 12.6. The maximum Gasteiger partial charge on any atom is 0.336 e. The van der Waals surface area contributed by atoms with Crippen molar-refractivity contribution in [3.8, 4) is 5.75 Å². The minimum Gasteiger partial charge on any atom is -0.497 e. The molecule has 136 valence electrons. The fourth-order valence-electron chi connectivity index (χ4n) is 3.68. The van der Waals surface area contributed by atoms with Gasteiger partial charge in [-0.2, -0.15) is 0 Å². The summed E-state index contributed by atoms with van der Waals surface area (Å²) in [7, 11) is 3.04. The van der Waals surface area contributed by atoms with Crippen LogP contribution in [0.4, 0.5) is 5.69 Å². The van der Waals surface area contributed by atoms with E-state index in [4.69, 9.17) is 9.47 Å². The van der Waals surface area contributed by atoms with Crippen molar-refractivity contribution >= 4 is 22.6 Å². The number of esters is 1. The molecule has 0 spiro atoms. The number of fused-ring (bicyclic) bond motifs is 3. The Bertz CT molecular complexity index is 1050. The van der Waals surface area contributed by atoms with Gasteiger partial charge in [0.2, 0.25) is 0 Å². The second kappa shape index (κ2) is 6.76. The summed E-state index contributed by atoms with van der Waals surface area (Å²) in [6.45, 7) is 1.90. The summed E-state index contributed by atoms with van der Waals surface area (Å²) in [5.74, 6) is 0.187. The highest BCUT2D eigenvalue weighted by Gasteiger charge is 2.33. The molecule has 1 N–H and O–H groups in total. The number of aromatic nitrogens is 1. The molecule has 2 heterocycles. The lowest BCUT2D eigenvalue weighted by molar-refractivity contribution is -0.136. The molecule has 2 aromatic carbocycles. The lowest BCUT2D eigenvalue weighted by Gasteiger charge is -2.30. The zero-order valence-corrected chi connectivity index (χ0v) is 15.4. The molecule has 0 fully saturated rings. The van der Waals surface area contributed by atoms with Crippen LogP contribution < -0.4 is 10.1 Å². The Hall–Kier alpha value is -3.34. The van der Waals surface area contributed by atoms with Crippen LogP contribution in [0, 0.1) is 0 Å². The van der Waals surface area contributed by atoms with Gasteiger partial charge in [-0.15, -0.1) is 0 Å². The van der Waals surface area contributed by atoms with Crippen LogP contribution in [0.25, 0.3) is 10.9 Å². The fraction of sp³-hybridized carbons (Fsp3) is 0.182. The Labute approximate surface area is 157 Å². The first-order valence-corrected chi connectivity index (χ1v) is 8.71. The number of nitrogens with one attached hydrogen (secondary N) is 1. The molecule has 0 aliphatic carbocycles. The van der Waals surface area contributed by atoms with Crippen molar-refractivity contribution in [2.75, 3.05) is 19.5 Å². The van der Waals surface area contributed by atoms with Crippen LogP contribution in [0.3, 0.4) is 0 Å². The number of hydrogen-bond donors (Lipinski definition) is 1. The quantitative estimate of drug-likeness (QED) is 0.708. The average molecular weight is 360 g/mol. The Morgan fingerprint density at radius 2 is 1.85 bits per heavy atom. The summed E-state index contributed by atoms with van der Waals surface area (Å²) in [6, 6.07) is 15.8. The van der Waals surface area contributed by atoms with Gasteiger partial charge in [-0.25, -0.2) is 4.79 Å². The summed E-state index contributed by atoms with van der Waals surface area (Å²) in [5.41, 5.74) is 5.18. The molecule has 1 atom stereocenters. The monoisotopic (exact) mass is 360 g/mol. The summed E-state index contributed by atoms with van der Waals surface area (Å²) in [5, 5.41) is 4.43. The fourth-order valence-corrected chi connectivity index (χ4v) is 3.68. The standard InChI is InChI=1S/C22H20N2O3/c1-13-18(22(25)27-3)19(14-6-9-16(26-2)10-7-14)17-11-8-15-5-4-12-23-20(15)21(17)24-13/h4-12,19,24H,1-3H3. The number of nitrogens with zero attached hydrogens (tertiary/aromatic N) is 1. The number of pyridine rings is 1. The molecule has 1 aliphatic rings. The first-order chi connectivity index (χ1) is 13.1. The highest BCUT2D eigenvalue weighted by Crippen LogP contribution is 2.44. The zero-order chi connectivity index (χ0) is 19.0. The lowest BCUT2D eigenvalue weighted by Crippen LogP contribution is -2.24. The van der Waals surface area contributed by atoms with Gasteiger partial charge in [0.25, 0.3) is 0 Å². The number of rotatable bonds is 3. The van der Waals surface area contributed by atoms with Crippen LogP contribution in [0.2, 0.25) is 0 Å². The minimum absolute atomic E-state index is 0.244. The molecule has 1 unspecified atom stereocenters. The average Bonchev–Trinajstić information content (AvgIpc) is 2.72. The van der Waals surface area contributed by atoms with Crippen LogP contribution in [0.15, 0.2) is 66.0 Å². The van der Waals surface area contributed by atoms with E-state index in [0.717, 1.165) is 39.2 Å². The van der Waals surface area contributed by atoms with Gasteiger partial charge in [-0.3, -0.25) is 4.98 Å². The van der Waals surface area contributed by atoms with Crippen LogP contribution in [0.5, 0.6) is 5.75 Å². The molecule has 0 radical (unpaired) electrons. The number of allylic oxidation sites excluding steroid dienone is 1. The molecule has 1 aliphatic heterocycles. The molecule has 0 bridgehead atoms. The highest BCUT2D eigenvalue weighted by atomic mass is 16.5. The first kappa shape index (κ1) is 17.1. The summed E-state index contributed by atoms with van der Waals surface area (Å²) in [6.07, 6.45) is 1.78. The van der Waals surface area contributed by atoms with Crippen molar-refractivity contribution in [3.05, 3.63) is 77.1 Å². The van der Waals surface area contributed by atoms with Crippen LogP contribution in [0.1, 0.15) is 24.0 Å². The van der Waals surface area contributed by atoms with E-state index < -0.39 is 0 Å². The van der Waals surface area contributed by atoms with Crippen molar-refractivity contribution in [2.45, 2.75) is 12.8 Å². The largest absolute Gasteiger partial charge is 0.497 e. The van der Waals surface area contributed by atoms with E-state index in [1.54, 1.807) is 13.3 Å². The van der Waals surface area contributed by atoms with Gasteiger partial charge in [0.1, 0.15) is 5.75 Å². The molecule has 27 heavy (non-hydrogen) atoms. The van der Waals surface area contributed by atoms with Crippen molar-refractivity contribution in [2.24, 2.45) is 0 Å². The number of hydrogen-bond acceptors (Lipinski definition) is 5. The molecule has 0 saturated carbocycles. The van der Waals surface area contributed by atoms with Crippen LogP contribution in [-0.4, -0.2) is 25.2 Å². The molecular weight excluding hydrogens is 340 g/mol. The zero-order valence-electron chi connectivity index (χ0n) is 15.4. The molecule has 4 rings (SSSR count). The molecule has 1 aromatic heterocycles. The van der Waals surface area contributed by atoms with Crippen molar-refractivity contribution in [1.82, 2.24) is 4.98 Å². The van der Waals surface area contributed by atoms with E-state index in [9.17, 15) is 4.79 Å². The van der Waals surface area contributed by atoms with Crippen molar-refractivity contribution in [3.63, 3.8) is 0 Å². The summed E-state index contributed by atoms with van der Waals surface area (Å²) in [4.78, 5) is 17.2. The van der Waals surface area contributed by atoms with E-state index in [-0.39, 0.29) is 11.9 Å². The number of carbonyl (C=O) groups excluding carboxylic acids is 1. The van der Waals surface area contributed by atoms with Crippen molar-refractivity contribution < 1.29 is 14.3 Å². The molecule has 3 aromatic rings. The van der Waals surface area contributed by atoms with Gasteiger partial charge in [0.15, 0.2) is 0 Å². The number of anilines is 1.